The summed E-state index contributed by atoms with van der Waals surface area (Å²) in [5.74, 6) is -1.00. The minimum Gasteiger partial charge on any atom is -0.331 e. The number of carbonyl (C=O) groups excluding carboxylic acids is 2. The van der Waals surface area contributed by atoms with Gasteiger partial charge in [-0.3, -0.25) is 9.59 Å². The molecule has 7 heteroatoms. The second-order valence-electron chi connectivity index (χ2n) is 4.76. The van der Waals surface area contributed by atoms with E-state index in [1.54, 1.807) is 36.0 Å². The first-order valence-corrected chi connectivity index (χ1v) is 7.63. The summed E-state index contributed by atoms with van der Waals surface area (Å²) in [7, 11) is 0. The van der Waals surface area contributed by atoms with Crippen molar-refractivity contribution in [2.45, 2.75) is 26.6 Å². The largest absolute Gasteiger partial charge is 0.331 e. The lowest BCUT2D eigenvalue weighted by Crippen LogP contribution is -2.48. The summed E-state index contributed by atoms with van der Waals surface area (Å²) in [5, 5.41) is 4.31. The van der Waals surface area contributed by atoms with Crippen molar-refractivity contribution in [2.75, 3.05) is 0 Å². The topological polar surface area (TPSA) is 62.3 Å². The average Bonchev–Trinajstić information content (AvgIpc) is 3.00. The van der Waals surface area contributed by atoms with E-state index in [0.717, 1.165) is 0 Å². The fourth-order valence-corrected chi connectivity index (χ4v) is 2.53. The molecule has 0 unspecified atom stereocenters. The van der Waals surface area contributed by atoms with Crippen LogP contribution in [0.15, 0.2) is 35.2 Å². The lowest BCUT2D eigenvalue weighted by Gasteiger charge is -2.28. The highest BCUT2D eigenvalue weighted by atomic mass is 32.1. The maximum Gasteiger partial charge on any atom is 0.272 e. The van der Waals surface area contributed by atoms with Gasteiger partial charge in [-0.15, -0.1) is 11.3 Å². The summed E-state index contributed by atoms with van der Waals surface area (Å²) in [6, 6.07) is 6.24. The molecule has 1 atom stereocenters. The number of hydrogen-bond donors (Lipinski definition) is 1. The van der Waals surface area contributed by atoms with Gasteiger partial charge in [-0.1, -0.05) is 18.2 Å². The molecular weight excluding hydrogens is 305 g/mol. The van der Waals surface area contributed by atoms with Crippen molar-refractivity contribution < 1.29 is 14.0 Å². The van der Waals surface area contributed by atoms with Crippen LogP contribution in [0.3, 0.4) is 0 Å². The summed E-state index contributed by atoms with van der Waals surface area (Å²) in [6.07, 6.45) is -0.577. The molecule has 1 aromatic heterocycles. The lowest BCUT2D eigenvalue weighted by molar-refractivity contribution is -0.131. The highest BCUT2D eigenvalue weighted by Crippen LogP contribution is 2.12. The average molecular weight is 321 g/mol. The molecule has 22 heavy (non-hydrogen) atoms. The van der Waals surface area contributed by atoms with Crippen molar-refractivity contribution in [1.29, 1.82) is 0 Å². The minimum atomic E-state index is -0.577. The van der Waals surface area contributed by atoms with E-state index in [-0.39, 0.29) is 24.2 Å². The maximum atomic E-state index is 13.7. The number of benzene rings is 1. The Morgan fingerprint density at radius 3 is 2.73 bits per heavy atom. The van der Waals surface area contributed by atoms with Crippen LogP contribution in [0.5, 0.6) is 0 Å². The standard InChI is InChI=1S/C15H16FN3O2S/c1-10(18-15(21)14-8-22-9-17-14)19(11(2)20)7-12-5-3-4-6-13(12)16/h3-6,8-10H,7H2,1-2H3,(H,18,21)/t10-/m0/s1. The van der Waals surface area contributed by atoms with Crippen molar-refractivity contribution in [2.24, 2.45) is 0 Å². The number of carbonyl (C=O) groups is 2. The summed E-state index contributed by atoms with van der Waals surface area (Å²) in [6.45, 7) is 3.14. The molecule has 1 aromatic carbocycles. The fourth-order valence-electron chi connectivity index (χ4n) is 2.00. The number of aromatic nitrogens is 1. The number of amides is 2. The first kappa shape index (κ1) is 16.1. The molecule has 0 fully saturated rings. The van der Waals surface area contributed by atoms with Crippen LogP contribution >= 0.6 is 11.3 Å². The second kappa shape index (κ2) is 7.13. The summed E-state index contributed by atoms with van der Waals surface area (Å²) < 4.78 is 13.7. The van der Waals surface area contributed by atoms with Gasteiger partial charge < -0.3 is 10.2 Å². The predicted molar refractivity (Wildman–Crippen MR) is 81.7 cm³/mol. The van der Waals surface area contributed by atoms with E-state index in [9.17, 15) is 14.0 Å². The number of thiazole rings is 1. The fraction of sp³-hybridized carbons (Fsp3) is 0.267. The molecule has 116 valence electrons. The summed E-state index contributed by atoms with van der Waals surface area (Å²) in [5.41, 5.74) is 2.25. The number of nitrogens with one attached hydrogen (secondary N) is 1. The molecule has 5 nitrogen and oxygen atoms in total. The van der Waals surface area contributed by atoms with E-state index in [2.05, 4.69) is 10.3 Å². The van der Waals surface area contributed by atoms with E-state index >= 15 is 0 Å². The third kappa shape index (κ3) is 3.88. The number of halogens is 1. The lowest BCUT2D eigenvalue weighted by atomic mass is 10.2. The molecule has 2 aromatic rings. The molecular formula is C15H16FN3O2S. The SMILES string of the molecule is CC(=O)N(Cc1ccccc1F)[C@@H](C)NC(=O)c1cscn1. The highest BCUT2D eigenvalue weighted by molar-refractivity contribution is 7.07. The van der Waals surface area contributed by atoms with Crippen LogP contribution in [0, 0.1) is 5.82 Å². The zero-order valence-corrected chi connectivity index (χ0v) is 13.1. The van der Waals surface area contributed by atoms with Gasteiger partial charge in [0.15, 0.2) is 0 Å². The van der Waals surface area contributed by atoms with Crippen LogP contribution < -0.4 is 5.32 Å². The Labute approximate surface area is 131 Å². The Balaban J connectivity index is 2.09. The van der Waals surface area contributed by atoms with Crippen LogP contribution in [0.1, 0.15) is 29.9 Å². The number of rotatable bonds is 5. The molecule has 0 bridgehead atoms. The molecule has 0 aliphatic rings. The smallest absolute Gasteiger partial charge is 0.272 e. The molecule has 0 aliphatic heterocycles. The van der Waals surface area contributed by atoms with E-state index in [0.29, 0.717) is 11.3 Å². The quantitative estimate of drug-likeness (QED) is 0.860. The maximum absolute atomic E-state index is 13.7. The molecule has 0 saturated heterocycles. The van der Waals surface area contributed by atoms with E-state index in [4.69, 9.17) is 0 Å². The van der Waals surface area contributed by atoms with Gasteiger partial charge in [0.05, 0.1) is 12.1 Å². The summed E-state index contributed by atoms with van der Waals surface area (Å²) >= 11 is 1.31. The predicted octanol–water partition coefficient (Wildman–Crippen LogP) is 2.41. The van der Waals surface area contributed by atoms with Crippen LogP contribution in [-0.4, -0.2) is 27.9 Å². The Morgan fingerprint density at radius 1 is 1.41 bits per heavy atom. The minimum absolute atomic E-state index is 0.0838. The molecule has 2 amide bonds. The Morgan fingerprint density at radius 2 is 2.14 bits per heavy atom. The highest BCUT2D eigenvalue weighted by Gasteiger charge is 2.21. The molecule has 2 rings (SSSR count). The Bertz CT molecular complexity index is 661. The van der Waals surface area contributed by atoms with Gasteiger partial charge in [0.1, 0.15) is 17.7 Å². The van der Waals surface area contributed by atoms with Gasteiger partial charge in [0.2, 0.25) is 5.91 Å². The van der Waals surface area contributed by atoms with Crippen molar-refractivity contribution >= 4 is 23.2 Å². The van der Waals surface area contributed by atoms with Crippen LogP contribution in [0.4, 0.5) is 4.39 Å². The van der Waals surface area contributed by atoms with Crippen molar-refractivity contribution in [1.82, 2.24) is 15.2 Å². The number of hydrogen-bond acceptors (Lipinski definition) is 4. The normalized spacial score (nSPS) is 11.8. The molecule has 0 radical (unpaired) electrons. The molecule has 0 spiro atoms. The van der Waals surface area contributed by atoms with Crippen molar-refractivity contribution in [3.8, 4) is 0 Å². The zero-order valence-electron chi connectivity index (χ0n) is 12.2. The van der Waals surface area contributed by atoms with E-state index in [1.807, 2.05) is 0 Å². The van der Waals surface area contributed by atoms with Gasteiger partial charge in [-0.05, 0) is 13.0 Å². The van der Waals surface area contributed by atoms with Gasteiger partial charge in [0, 0.05) is 17.9 Å². The van der Waals surface area contributed by atoms with Crippen LogP contribution in [0.25, 0.3) is 0 Å². The molecule has 1 heterocycles. The molecule has 0 saturated carbocycles. The third-order valence-corrected chi connectivity index (χ3v) is 3.76. The third-order valence-electron chi connectivity index (χ3n) is 3.18. The molecule has 1 N–H and O–H groups in total. The van der Waals surface area contributed by atoms with E-state index in [1.165, 1.54) is 29.2 Å². The van der Waals surface area contributed by atoms with Gasteiger partial charge in [0.25, 0.3) is 5.91 Å². The van der Waals surface area contributed by atoms with E-state index < -0.39 is 6.17 Å². The van der Waals surface area contributed by atoms with Crippen molar-refractivity contribution in [3.63, 3.8) is 0 Å². The van der Waals surface area contributed by atoms with Gasteiger partial charge in [-0.25, -0.2) is 9.37 Å². The monoisotopic (exact) mass is 321 g/mol. The van der Waals surface area contributed by atoms with Crippen LogP contribution in [0.2, 0.25) is 0 Å². The van der Waals surface area contributed by atoms with Gasteiger partial charge in [-0.2, -0.15) is 0 Å². The zero-order chi connectivity index (χ0) is 16.1. The first-order valence-electron chi connectivity index (χ1n) is 6.68. The second-order valence-corrected chi connectivity index (χ2v) is 5.48. The summed E-state index contributed by atoms with van der Waals surface area (Å²) in [4.78, 5) is 29.1. The number of nitrogens with zero attached hydrogens (tertiary/aromatic N) is 2. The van der Waals surface area contributed by atoms with Crippen molar-refractivity contribution in [3.05, 3.63) is 52.2 Å². The molecule has 0 aliphatic carbocycles. The van der Waals surface area contributed by atoms with Crippen LogP contribution in [-0.2, 0) is 11.3 Å². The van der Waals surface area contributed by atoms with Gasteiger partial charge >= 0.3 is 0 Å². The first-order chi connectivity index (χ1) is 10.5. The Hall–Kier alpha value is -2.28. The Kier molecular flexibility index (Phi) is 5.21.